The average Bonchev–Trinajstić information content (AvgIpc) is 4.03. The minimum Gasteiger partial charge on any atom is -0.481 e. The maximum atomic E-state index is 13.9. The Labute approximate surface area is 359 Å². The summed E-state index contributed by atoms with van der Waals surface area (Å²) in [5.74, 6) is -2.86. The number of anilines is 4. The minimum atomic E-state index is -2.89. The SMILES string of the molecule is C[C@@H]1CCCN(c2ccc(NC(=O)[C@H](CC(F)F)Oc3cccc(C4CC4C[C@H](Oc4ccccc4)C(=O)Nc4ccc(N5CCN[C@@H](C)C5)cc4C(=O)O)c3)c(C(=O)O)c2)C1. The van der Waals surface area contributed by atoms with Crippen LogP contribution >= 0.6 is 0 Å². The summed E-state index contributed by atoms with van der Waals surface area (Å²) in [6.45, 7) is 7.94. The number of benzene rings is 4. The third-order valence-electron chi connectivity index (χ3n) is 11.7. The van der Waals surface area contributed by atoms with E-state index in [1.165, 1.54) is 12.1 Å². The summed E-state index contributed by atoms with van der Waals surface area (Å²) in [5.41, 5.74) is 2.20. The second-order valence-corrected chi connectivity index (χ2v) is 16.6. The smallest absolute Gasteiger partial charge is 0.337 e. The number of hydrogen-bond donors (Lipinski definition) is 5. The normalized spacial score (nSPS) is 20.8. The molecule has 0 aromatic heterocycles. The van der Waals surface area contributed by atoms with Gasteiger partial charge in [-0.1, -0.05) is 37.3 Å². The number of carboxylic acids is 2. The topological polar surface area (TPSA) is 170 Å². The molecule has 1 saturated carbocycles. The van der Waals surface area contributed by atoms with E-state index in [0.29, 0.717) is 36.9 Å². The fraction of sp³-hybridized carbons (Fsp3) is 0.404. The number of amides is 2. The Kier molecular flexibility index (Phi) is 13.9. The van der Waals surface area contributed by atoms with E-state index in [-0.39, 0.29) is 52.5 Å². The predicted molar refractivity (Wildman–Crippen MR) is 232 cm³/mol. The zero-order chi connectivity index (χ0) is 43.9. The van der Waals surface area contributed by atoms with Gasteiger partial charge in [0.25, 0.3) is 11.8 Å². The molecule has 2 aliphatic heterocycles. The maximum absolute atomic E-state index is 13.9. The van der Waals surface area contributed by atoms with Crippen molar-refractivity contribution in [1.29, 1.82) is 0 Å². The van der Waals surface area contributed by atoms with Gasteiger partial charge in [-0.2, -0.15) is 0 Å². The number of carbonyl (C=O) groups excluding carboxylic acids is 2. The molecule has 62 heavy (non-hydrogen) atoms. The number of piperidine rings is 1. The van der Waals surface area contributed by atoms with Crippen molar-refractivity contribution in [3.05, 3.63) is 108 Å². The molecular weight excluding hydrogens is 801 g/mol. The molecule has 4 aromatic rings. The number of ether oxygens (including phenoxy) is 2. The molecule has 15 heteroatoms. The first kappa shape index (κ1) is 43.9. The predicted octanol–water partition coefficient (Wildman–Crippen LogP) is 7.74. The van der Waals surface area contributed by atoms with Crippen LogP contribution in [-0.2, 0) is 9.59 Å². The summed E-state index contributed by atoms with van der Waals surface area (Å²) in [7, 11) is 0. The van der Waals surface area contributed by atoms with E-state index in [0.717, 1.165) is 43.7 Å². The Morgan fingerprint density at radius 2 is 1.37 bits per heavy atom. The third kappa shape index (κ3) is 11.2. The van der Waals surface area contributed by atoms with Crippen LogP contribution in [0.1, 0.15) is 78.1 Å². The van der Waals surface area contributed by atoms with Crippen molar-refractivity contribution in [2.75, 3.05) is 53.2 Å². The lowest BCUT2D eigenvalue weighted by Gasteiger charge is -2.34. The molecule has 0 bridgehead atoms. The van der Waals surface area contributed by atoms with Gasteiger partial charge in [-0.05, 0) is 117 Å². The minimum absolute atomic E-state index is 0.0221. The highest BCUT2D eigenvalue weighted by molar-refractivity contribution is 6.03. The molecule has 7 rings (SSSR count). The Balaban J connectivity index is 1.03. The number of para-hydroxylation sites is 1. The van der Waals surface area contributed by atoms with Crippen LogP contribution in [0, 0.1) is 11.8 Å². The van der Waals surface area contributed by atoms with E-state index >= 15 is 0 Å². The van der Waals surface area contributed by atoms with Crippen LogP contribution in [-0.4, -0.2) is 91.4 Å². The molecule has 2 heterocycles. The van der Waals surface area contributed by atoms with Crippen molar-refractivity contribution in [1.82, 2.24) is 5.32 Å². The third-order valence-corrected chi connectivity index (χ3v) is 11.7. The average molecular weight is 854 g/mol. The molecular formula is C47H53F2N5O8. The zero-order valence-electron chi connectivity index (χ0n) is 34.8. The number of rotatable bonds is 17. The van der Waals surface area contributed by atoms with Crippen molar-refractivity contribution < 1.29 is 47.6 Å². The van der Waals surface area contributed by atoms with Gasteiger partial charge in [0.2, 0.25) is 6.43 Å². The molecule has 4 aromatic carbocycles. The van der Waals surface area contributed by atoms with Gasteiger partial charge < -0.3 is 45.4 Å². The fourth-order valence-electron chi connectivity index (χ4n) is 8.46. The quantitative estimate of drug-likeness (QED) is 0.0705. The lowest BCUT2D eigenvalue weighted by molar-refractivity contribution is -0.124. The standard InChI is InChI=1S/C47H53F2N5O8/c1-28-8-7-18-53(26-28)32-13-15-40(37(23-32)46(57)58)52-45(56)42(25-43(48)49)62-35-12-6-9-30(20-35)36-21-31(36)22-41(61-34-10-4-3-5-11-34)44(55)51-39-16-14-33(24-38(39)47(59)60)54-19-17-50-29(2)27-54/h3-6,9-16,20,23-24,28-29,31,36,41-43,50H,7-8,17-19,21-22,25-27H2,1-2H3,(H,51,55)(H,52,56)(H,57,58)(H,59,60)/t28-,29+,31?,36?,41+,42+/m1/s1. The molecule has 13 nitrogen and oxygen atoms in total. The first-order valence-electron chi connectivity index (χ1n) is 21.2. The van der Waals surface area contributed by atoms with E-state index < -0.39 is 48.8 Å². The summed E-state index contributed by atoms with van der Waals surface area (Å²) in [6, 6.07) is 25.6. The van der Waals surface area contributed by atoms with Gasteiger partial charge in [0.05, 0.1) is 28.9 Å². The Bertz CT molecular complexity index is 2250. The first-order chi connectivity index (χ1) is 29.8. The van der Waals surface area contributed by atoms with Crippen molar-refractivity contribution in [3.8, 4) is 11.5 Å². The molecule has 5 N–H and O–H groups in total. The zero-order valence-corrected chi connectivity index (χ0v) is 34.8. The molecule has 0 spiro atoms. The lowest BCUT2D eigenvalue weighted by Crippen LogP contribution is -2.49. The summed E-state index contributed by atoms with van der Waals surface area (Å²) in [5, 5.41) is 28.9. The molecule has 6 atom stereocenters. The van der Waals surface area contributed by atoms with E-state index in [9.17, 15) is 38.2 Å². The Hall–Kier alpha value is -6.22. The molecule has 2 unspecified atom stereocenters. The van der Waals surface area contributed by atoms with Gasteiger partial charge in [-0.3, -0.25) is 9.59 Å². The Morgan fingerprint density at radius 3 is 1.98 bits per heavy atom. The van der Waals surface area contributed by atoms with Crippen molar-refractivity contribution in [2.24, 2.45) is 11.8 Å². The van der Waals surface area contributed by atoms with Gasteiger partial charge in [0.15, 0.2) is 12.2 Å². The van der Waals surface area contributed by atoms with Gasteiger partial charge in [0, 0.05) is 50.1 Å². The van der Waals surface area contributed by atoms with Gasteiger partial charge in [-0.15, -0.1) is 0 Å². The highest BCUT2D eigenvalue weighted by atomic mass is 19.3. The molecule has 3 fully saturated rings. The monoisotopic (exact) mass is 853 g/mol. The highest BCUT2D eigenvalue weighted by Gasteiger charge is 2.42. The number of piperazine rings is 1. The van der Waals surface area contributed by atoms with Crippen LogP contribution in [0.15, 0.2) is 91.0 Å². The van der Waals surface area contributed by atoms with Crippen molar-refractivity contribution >= 4 is 46.5 Å². The molecule has 2 amide bonds. The highest BCUT2D eigenvalue weighted by Crippen LogP contribution is 2.51. The van der Waals surface area contributed by atoms with Gasteiger partial charge in [-0.25, -0.2) is 18.4 Å². The van der Waals surface area contributed by atoms with Gasteiger partial charge >= 0.3 is 11.9 Å². The number of nitrogens with zero attached hydrogens (tertiary/aromatic N) is 2. The largest absolute Gasteiger partial charge is 0.481 e. The molecule has 328 valence electrons. The maximum Gasteiger partial charge on any atom is 0.337 e. The van der Waals surface area contributed by atoms with E-state index in [2.05, 4.69) is 39.6 Å². The Morgan fingerprint density at radius 1 is 0.758 bits per heavy atom. The number of halogens is 2. The summed E-state index contributed by atoms with van der Waals surface area (Å²) < 4.78 is 39.8. The number of aromatic carboxylic acids is 2. The molecule has 3 aliphatic rings. The summed E-state index contributed by atoms with van der Waals surface area (Å²) in [4.78, 5) is 56.4. The number of carboxylic acid groups (broad SMARTS) is 2. The number of alkyl halides is 2. The number of hydrogen-bond acceptors (Lipinski definition) is 9. The lowest BCUT2D eigenvalue weighted by atomic mass is 9.99. The van der Waals surface area contributed by atoms with Crippen molar-refractivity contribution in [3.63, 3.8) is 0 Å². The van der Waals surface area contributed by atoms with Gasteiger partial charge in [0.1, 0.15) is 11.5 Å². The molecule has 0 radical (unpaired) electrons. The van der Waals surface area contributed by atoms with Crippen LogP contribution in [0.5, 0.6) is 11.5 Å². The first-order valence-corrected chi connectivity index (χ1v) is 21.2. The van der Waals surface area contributed by atoms with E-state index in [1.54, 1.807) is 66.7 Å². The van der Waals surface area contributed by atoms with E-state index in [4.69, 9.17) is 9.47 Å². The van der Waals surface area contributed by atoms with Crippen LogP contribution in [0.4, 0.5) is 31.5 Å². The summed E-state index contributed by atoms with van der Waals surface area (Å²) >= 11 is 0. The second kappa shape index (κ2) is 19.7. The van der Waals surface area contributed by atoms with Crippen LogP contribution in [0.25, 0.3) is 0 Å². The summed E-state index contributed by atoms with van der Waals surface area (Å²) in [6.07, 6.45) is -3.43. The van der Waals surface area contributed by atoms with Crippen molar-refractivity contribution in [2.45, 2.75) is 76.5 Å². The number of nitrogens with one attached hydrogen (secondary N) is 3. The molecule has 1 aliphatic carbocycles. The van der Waals surface area contributed by atoms with Crippen LogP contribution in [0.2, 0.25) is 0 Å². The van der Waals surface area contributed by atoms with Crippen LogP contribution in [0.3, 0.4) is 0 Å². The fourth-order valence-corrected chi connectivity index (χ4v) is 8.46. The van der Waals surface area contributed by atoms with E-state index in [1.807, 2.05) is 12.1 Å². The number of carbonyl (C=O) groups is 4. The molecule has 2 saturated heterocycles. The van der Waals surface area contributed by atoms with Crippen LogP contribution < -0.4 is 35.2 Å². The second-order valence-electron chi connectivity index (χ2n) is 16.6.